The van der Waals surface area contributed by atoms with Crippen LogP contribution in [0.5, 0.6) is 0 Å². The van der Waals surface area contributed by atoms with Crippen molar-refractivity contribution in [2.45, 2.75) is 323 Å². The van der Waals surface area contributed by atoms with Crippen molar-refractivity contribution in [2.75, 3.05) is 13.2 Å². The van der Waals surface area contributed by atoms with E-state index in [-0.39, 0.29) is 31.1 Å². The lowest BCUT2D eigenvalue weighted by atomic mass is 9.99. The van der Waals surface area contributed by atoms with Gasteiger partial charge >= 0.3 is 17.9 Å². The molecule has 0 radical (unpaired) electrons. The first-order valence-corrected chi connectivity index (χ1v) is 27.9. The molecule has 0 saturated heterocycles. The second-order valence-corrected chi connectivity index (χ2v) is 19.5. The minimum atomic E-state index is -0.761. The van der Waals surface area contributed by atoms with Gasteiger partial charge in [0.25, 0.3) is 0 Å². The second-order valence-electron chi connectivity index (χ2n) is 19.5. The number of rotatable bonds is 51. The van der Waals surface area contributed by atoms with Gasteiger partial charge in [0.2, 0.25) is 0 Å². The van der Waals surface area contributed by atoms with Gasteiger partial charge in [-0.05, 0) is 25.2 Å². The summed E-state index contributed by atoms with van der Waals surface area (Å²) in [5, 5.41) is 0. The van der Waals surface area contributed by atoms with E-state index in [1.54, 1.807) is 0 Å². The van der Waals surface area contributed by atoms with Gasteiger partial charge < -0.3 is 14.2 Å². The summed E-state index contributed by atoms with van der Waals surface area (Å²) in [4.78, 5) is 38.0. The lowest BCUT2D eigenvalue weighted by Gasteiger charge is -2.18. The third-order valence-corrected chi connectivity index (χ3v) is 13.2. The van der Waals surface area contributed by atoms with E-state index in [0.717, 1.165) is 63.7 Å². The molecule has 0 spiro atoms. The van der Waals surface area contributed by atoms with Crippen LogP contribution >= 0.6 is 0 Å². The van der Waals surface area contributed by atoms with Gasteiger partial charge in [0.1, 0.15) is 13.2 Å². The fraction of sp³-hybridized carbons (Fsp3) is 0.946. The summed E-state index contributed by atoms with van der Waals surface area (Å²) in [6.45, 7) is 9.08. The molecule has 0 aromatic heterocycles. The average Bonchev–Trinajstić information content (AvgIpc) is 3.27. The van der Waals surface area contributed by atoms with Crippen LogP contribution in [0.15, 0.2) is 0 Å². The summed E-state index contributed by atoms with van der Waals surface area (Å²) >= 11 is 0. The van der Waals surface area contributed by atoms with E-state index >= 15 is 0 Å². The first-order chi connectivity index (χ1) is 30.4. The molecule has 0 aromatic carbocycles. The Morgan fingerprint density at radius 1 is 0.323 bits per heavy atom. The van der Waals surface area contributed by atoms with Crippen LogP contribution in [0.25, 0.3) is 0 Å². The second kappa shape index (κ2) is 50.4. The number of carbonyl (C=O) groups excluding carboxylic acids is 3. The fourth-order valence-electron chi connectivity index (χ4n) is 8.54. The number of esters is 3. The maximum absolute atomic E-state index is 12.8. The van der Waals surface area contributed by atoms with Crippen molar-refractivity contribution in [3.8, 4) is 0 Å². The summed E-state index contributed by atoms with van der Waals surface area (Å²) in [5.74, 6) is 0.0557. The van der Waals surface area contributed by atoms with Crippen LogP contribution in [0.4, 0.5) is 0 Å². The highest BCUT2D eigenvalue weighted by Crippen LogP contribution is 2.18. The number of hydrogen-bond donors (Lipinski definition) is 0. The summed E-state index contributed by atoms with van der Waals surface area (Å²) < 4.78 is 16.9. The van der Waals surface area contributed by atoms with Crippen LogP contribution < -0.4 is 0 Å². The third-order valence-electron chi connectivity index (χ3n) is 13.2. The Hall–Kier alpha value is -1.59. The van der Waals surface area contributed by atoms with Gasteiger partial charge in [0.15, 0.2) is 6.10 Å². The van der Waals surface area contributed by atoms with E-state index in [4.69, 9.17) is 14.2 Å². The smallest absolute Gasteiger partial charge is 0.306 e. The molecule has 0 rings (SSSR count). The van der Waals surface area contributed by atoms with Crippen LogP contribution in [-0.2, 0) is 28.6 Å². The maximum Gasteiger partial charge on any atom is 0.306 e. The molecule has 368 valence electrons. The number of unbranched alkanes of at least 4 members (excludes halogenated alkanes) is 37. The molecule has 2 atom stereocenters. The minimum Gasteiger partial charge on any atom is -0.462 e. The van der Waals surface area contributed by atoms with Gasteiger partial charge in [0.05, 0.1) is 0 Å². The Morgan fingerprint density at radius 3 is 0.839 bits per heavy atom. The molecular weight excluding hydrogens is 769 g/mol. The van der Waals surface area contributed by atoms with Crippen molar-refractivity contribution in [1.82, 2.24) is 0 Å². The molecule has 0 bridgehead atoms. The SMILES string of the molecule is CCCCCCCCCCCCCCCCCC(=O)OC[C@@H](COC(=O)CCCCCCCCCCCCC)OC(=O)CCCCCCCCCCCCCCCCC(C)CC. The van der Waals surface area contributed by atoms with Crippen molar-refractivity contribution >= 4 is 17.9 Å². The predicted octanol–water partition coefficient (Wildman–Crippen LogP) is 18.2. The van der Waals surface area contributed by atoms with Gasteiger partial charge in [-0.15, -0.1) is 0 Å². The monoisotopic (exact) mass is 877 g/mol. The Bertz CT molecular complexity index is 935. The highest BCUT2D eigenvalue weighted by Gasteiger charge is 2.19. The quantitative estimate of drug-likeness (QED) is 0.0344. The third kappa shape index (κ3) is 47.9. The van der Waals surface area contributed by atoms with Crippen molar-refractivity contribution in [3.05, 3.63) is 0 Å². The normalized spacial score (nSPS) is 12.4. The topological polar surface area (TPSA) is 78.9 Å². The van der Waals surface area contributed by atoms with Crippen molar-refractivity contribution in [1.29, 1.82) is 0 Å². The van der Waals surface area contributed by atoms with Crippen LogP contribution in [0.1, 0.15) is 317 Å². The molecule has 0 amide bonds. The Kier molecular flexibility index (Phi) is 49.1. The van der Waals surface area contributed by atoms with E-state index in [1.807, 2.05) is 0 Å². The summed E-state index contributed by atoms with van der Waals surface area (Å²) in [5.41, 5.74) is 0. The number of hydrogen-bond acceptors (Lipinski definition) is 6. The van der Waals surface area contributed by atoms with Gasteiger partial charge in [-0.3, -0.25) is 14.4 Å². The van der Waals surface area contributed by atoms with Crippen LogP contribution in [-0.4, -0.2) is 37.2 Å². The van der Waals surface area contributed by atoms with E-state index in [2.05, 4.69) is 27.7 Å². The van der Waals surface area contributed by atoms with E-state index in [1.165, 1.54) is 212 Å². The van der Waals surface area contributed by atoms with E-state index in [0.29, 0.717) is 19.3 Å². The zero-order chi connectivity index (χ0) is 45.2. The minimum absolute atomic E-state index is 0.0621. The average molecular weight is 877 g/mol. The van der Waals surface area contributed by atoms with E-state index in [9.17, 15) is 14.4 Å². The van der Waals surface area contributed by atoms with E-state index < -0.39 is 6.10 Å². The number of ether oxygens (including phenoxy) is 3. The molecule has 1 unspecified atom stereocenters. The zero-order valence-corrected chi connectivity index (χ0v) is 42.3. The van der Waals surface area contributed by atoms with Gasteiger partial charge in [0, 0.05) is 19.3 Å². The Labute approximate surface area is 387 Å². The summed E-state index contributed by atoms with van der Waals surface area (Å²) in [6, 6.07) is 0. The molecule has 62 heavy (non-hydrogen) atoms. The lowest BCUT2D eigenvalue weighted by Crippen LogP contribution is -2.30. The molecule has 0 fully saturated rings. The summed E-state index contributed by atoms with van der Waals surface area (Å²) in [7, 11) is 0. The molecule has 6 heteroatoms. The molecule has 6 nitrogen and oxygen atoms in total. The Balaban J connectivity index is 4.28. The van der Waals surface area contributed by atoms with Gasteiger partial charge in [-0.25, -0.2) is 0 Å². The molecule has 0 aromatic rings. The van der Waals surface area contributed by atoms with Crippen molar-refractivity contribution < 1.29 is 28.6 Å². The lowest BCUT2D eigenvalue weighted by molar-refractivity contribution is -0.167. The summed E-state index contributed by atoms with van der Waals surface area (Å²) in [6.07, 6.45) is 53.7. The first kappa shape index (κ1) is 60.4. The van der Waals surface area contributed by atoms with Crippen LogP contribution in [0, 0.1) is 5.92 Å². The number of carbonyl (C=O) groups is 3. The predicted molar refractivity (Wildman–Crippen MR) is 266 cm³/mol. The highest BCUT2D eigenvalue weighted by molar-refractivity contribution is 5.71. The molecular formula is C56H108O6. The zero-order valence-electron chi connectivity index (χ0n) is 42.3. The molecule has 0 N–H and O–H groups in total. The standard InChI is InChI=1S/C56H108O6/c1-5-8-10-12-14-16-18-19-20-24-28-32-36-40-44-48-55(58)61-51-53(50-60-54(57)47-43-39-35-31-26-17-15-13-11-9-6-2)62-56(59)49-45-41-37-33-29-25-22-21-23-27-30-34-38-42-46-52(4)7-3/h52-53H,5-51H2,1-4H3/t52?,53-/m1/s1. The molecule has 0 aliphatic carbocycles. The van der Waals surface area contributed by atoms with Gasteiger partial charge in [-0.1, -0.05) is 278 Å². The fourth-order valence-corrected chi connectivity index (χ4v) is 8.54. The highest BCUT2D eigenvalue weighted by atomic mass is 16.6. The van der Waals surface area contributed by atoms with Crippen molar-refractivity contribution in [3.63, 3.8) is 0 Å². The first-order valence-electron chi connectivity index (χ1n) is 27.9. The molecule has 0 heterocycles. The maximum atomic E-state index is 12.8. The largest absolute Gasteiger partial charge is 0.462 e. The Morgan fingerprint density at radius 2 is 0.565 bits per heavy atom. The van der Waals surface area contributed by atoms with Crippen LogP contribution in [0.3, 0.4) is 0 Å². The van der Waals surface area contributed by atoms with Crippen LogP contribution in [0.2, 0.25) is 0 Å². The molecule has 0 aliphatic heterocycles. The van der Waals surface area contributed by atoms with Gasteiger partial charge in [-0.2, -0.15) is 0 Å². The molecule has 0 saturated carbocycles. The van der Waals surface area contributed by atoms with Crippen molar-refractivity contribution in [2.24, 2.45) is 5.92 Å². The molecule has 0 aliphatic rings.